The topological polar surface area (TPSA) is 78.8 Å². The monoisotopic (exact) mass is 374 g/mol. The van der Waals surface area contributed by atoms with E-state index in [4.69, 9.17) is 4.98 Å². The zero-order chi connectivity index (χ0) is 19.3. The molecular formula is C21H22N6O. The third-order valence-electron chi connectivity index (χ3n) is 5.60. The summed E-state index contributed by atoms with van der Waals surface area (Å²) in [5.41, 5.74) is 4.22. The molecule has 7 nitrogen and oxygen atoms in total. The van der Waals surface area contributed by atoms with Crippen molar-refractivity contribution in [2.75, 3.05) is 18.9 Å². The number of likely N-dealkylation sites (tertiary alicyclic amines) is 1. The van der Waals surface area contributed by atoms with Crippen molar-refractivity contribution in [1.29, 1.82) is 0 Å². The maximum Gasteiger partial charge on any atom is 0.255 e. The second-order valence-electron chi connectivity index (χ2n) is 7.49. The largest absolute Gasteiger partial charge is 0.341 e. The van der Waals surface area contributed by atoms with Gasteiger partial charge >= 0.3 is 0 Å². The minimum atomic E-state index is -0.139. The number of hydrogen-bond acceptors (Lipinski definition) is 4. The average Bonchev–Trinajstić information content (AvgIpc) is 3.39. The number of nitrogens with one attached hydrogen (secondary N) is 2. The number of hydrogen-bond donors (Lipinski definition) is 2. The third-order valence-corrected chi connectivity index (χ3v) is 5.60. The molecule has 3 heterocycles. The van der Waals surface area contributed by atoms with Gasteiger partial charge in [0.25, 0.3) is 5.91 Å². The number of fused-ring (bicyclic) bond motifs is 2. The first-order valence-electron chi connectivity index (χ1n) is 9.51. The molecule has 1 aliphatic rings. The van der Waals surface area contributed by atoms with Crippen molar-refractivity contribution in [3.63, 3.8) is 0 Å². The number of benzene rings is 2. The summed E-state index contributed by atoms with van der Waals surface area (Å²) in [7, 11) is 4.02. The number of imidazole rings is 1. The highest BCUT2D eigenvalue weighted by Gasteiger charge is 2.25. The van der Waals surface area contributed by atoms with Crippen LogP contribution in [0.5, 0.6) is 0 Å². The maximum absolute atomic E-state index is 12.7. The first-order chi connectivity index (χ1) is 13.6. The lowest BCUT2D eigenvalue weighted by molar-refractivity contribution is 0.102. The Hall–Kier alpha value is -3.19. The fourth-order valence-electron chi connectivity index (χ4n) is 4.03. The van der Waals surface area contributed by atoms with Gasteiger partial charge in [-0.25, -0.2) is 4.98 Å². The summed E-state index contributed by atoms with van der Waals surface area (Å²) in [5, 5.41) is 8.16. The molecule has 2 aromatic carbocycles. The molecule has 5 rings (SSSR count). The Morgan fingerprint density at radius 2 is 2.11 bits per heavy atom. The van der Waals surface area contributed by atoms with Gasteiger partial charge in [-0.2, -0.15) is 5.10 Å². The minimum Gasteiger partial charge on any atom is -0.341 e. The van der Waals surface area contributed by atoms with E-state index in [1.807, 2.05) is 43.4 Å². The Balaban J connectivity index is 1.39. The maximum atomic E-state index is 12.7. The summed E-state index contributed by atoms with van der Waals surface area (Å²) in [4.78, 5) is 23.2. The molecule has 28 heavy (non-hydrogen) atoms. The van der Waals surface area contributed by atoms with E-state index in [9.17, 15) is 4.79 Å². The van der Waals surface area contributed by atoms with E-state index in [-0.39, 0.29) is 5.91 Å². The molecule has 1 saturated heterocycles. The molecule has 0 saturated carbocycles. The average molecular weight is 374 g/mol. The van der Waals surface area contributed by atoms with Crippen LogP contribution in [-0.2, 0) is 7.05 Å². The van der Waals surface area contributed by atoms with Crippen LogP contribution in [0.1, 0.15) is 35.1 Å². The number of rotatable bonds is 3. The molecule has 0 bridgehead atoms. The lowest BCUT2D eigenvalue weighted by atomic mass is 10.1. The summed E-state index contributed by atoms with van der Waals surface area (Å²) >= 11 is 0. The summed E-state index contributed by atoms with van der Waals surface area (Å²) < 4.78 is 1.79. The number of aryl methyl sites for hydroxylation is 1. The molecule has 7 heteroatoms. The van der Waals surface area contributed by atoms with Crippen molar-refractivity contribution < 1.29 is 4.79 Å². The van der Waals surface area contributed by atoms with E-state index in [1.54, 1.807) is 10.9 Å². The molecule has 142 valence electrons. The Morgan fingerprint density at radius 3 is 2.93 bits per heavy atom. The van der Waals surface area contributed by atoms with Gasteiger partial charge in [0.05, 0.1) is 28.8 Å². The number of anilines is 1. The van der Waals surface area contributed by atoms with Gasteiger partial charge in [-0.1, -0.05) is 0 Å². The highest BCUT2D eigenvalue weighted by atomic mass is 16.1. The smallest absolute Gasteiger partial charge is 0.255 e. The van der Waals surface area contributed by atoms with E-state index in [0.29, 0.717) is 11.6 Å². The van der Waals surface area contributed by atoms with E-state index >= 15 is 0 Å². The predicted octanol–water partition coefficient (Wildman–Crippen LogP) is 3.47. The van der Waals surface area contributed by atoms with Gasteiger partial charge in [0.2, 0.25) is 0 Å². The summed E-state index contributed by atoms with van der Waals surface area (Å²) in [5.74, 6) is 0.862. The standard InChI is InChI=1S/C21H22N6O/c1-26-9-3-4-19(26)20-24-16-7-6-15(11-17(16)25-20)23-21(28)13-5-8-18-14(10-13)12-22-27(18)2/h5-8,10-12,19H,3-4,9H2,1-2H3,(H,23,28)(H,24,25)/t19-/m0/s1. The van der Waals surface area contributed by atoms with Gasteiger partial charge in [0, 0.05) is 23.7 Å². The lowest BCUT2D eigenvalue weighted by Gasteiger charge is -2.16. The number of carbonyl (C=O) groups excluding carboxylic acids is 1. The first-order valence-corrected chi connectivity index (χ1v) is 9.51. The van der Waals surface area contributed by atoms with Crippen molar-refractivity contribution >= 4 is 33.5 Å². The normalized spacial score (nSPS) is 17.6. The lowest BCUT2D eigenvalue weighted by Crippen LogP contribution is -2.18. The Bertz CT molecular complexity index is 1190. The molecule has 0 spiro atoms. The van der Waals surface area contributed by atoms with E-state index in [1.165, 1.54) is 6.42 Å². The second-order valence-corrected chi connectivity index (χ2v) is 7.49. The fourth-order valence-corrected chi connectivity index (χ4v) is 4.03. The zero-order valence-corrected chi connectivity index (χ0v) is 15.9. The van der Waals surface area contributed by atoms with Crippen molar-refractivity contribution in [2.45, 2.75) is 18.9 Å². The second kappa shape index (κ2) is 6.45. The molecule has 4 aromatic rings. The van der Waals surface area contributed by atoms with Crippen LogP contribution >= 0.6 is 0 Å². The number of H-pyrrole nitrogens is 1. The molecule has 2 N–H and O–H groups in total. The number of aromatic amines is 1. The Morgan fingerprint density at radius 1 is 1.21 bits per heavy atom. The molecule has 1 fully saturated rings. The van der Waals surface area contributed by atoms with Gasteiger partial charge in [-0.15, -0.1) is 0 Å². The highest BCUT2D eigenvalue weighted by molar-refractivity contribution is 6.06. The van der Waals surface area contributed by atoms with Crippen LogP contribution in [-0.4, -0.2) is 44.1 Å². The minimum absolute atomic E-state index is 0.139. The molecule has 0 radical (unpaired) electrons. The van der Waals surface area contributed by atoms with Crippen LogP contribution in [0.4, 0.5) is 5.69 Å². The molecule has 2 aromatic heterocycles. The van der Waals surface area contributed by atoms with Crippen LogP contribution < -0.4 is 5.32 Å². The van der Waals surface area contributed by atoms with Gasteiger partial charge in [0.15, 0.2) is 0 Å². The number of carbonyl (C=O) groups is 1. The third kappa shape index (κ3) is 2.84. The number of aromatic nitrogens is 4. The van der Waals surface area contributed by atoms with Crippen LogP contribution in [0, 0.1) is 0 Å². The van der Waals surface area contributed by atoms with Crippen LogP contribution in [0.25, 0.3) is 21.9 Å². The van der Waals surface area contributed by atoms with Crippen molar-refractivity contribution in [3.8, 4) is 0 Å². The first kappa shape index (κ1) is 16.9. The summed E-state index contributed by atoms with van der Waals surface area (Å²) in [6, 6.07) is 11.7. The van der Waals surface area contributed by atoms with Crippen molar-refractivity contribution in [1.82, 2.24) is 24.6 Å². The highest BCUT2D eigenvalue weighted by Crippen LogP contribution is 2.30. The summed E-state index contributed by atoms with van der Waals surface area (Å²) in [6.45, 7) is 1.10. The molecule has 1 aliphatic heterocycles. The van der Waals surface area contributed by atoms with Crippen LogP contribution in [0.2, 0.25) is 0 Å². The van der Waals surface area contributed by atoms with E-state index < -0.39 is 0 Å². The fraction of sp³-hybridized carbons (Fsp3) is 0.286. The Labute approximate surface area is 162 Å². The van der Waals surface area contributed by atoms with Crippen molar-refractivity contribution in [2.24, 2.45) is 7.05 Å². The van der Waals surface area contributed by atoms with E-state index in [0.717, 1.165) is 46.4 Å². The van der Waals surface area contributed by atoms with Gasteiger partial charge in [-0.05, 0) is 62.8 Å². The van der Waals surface area contributed by atoms with Gasteiger partial charge < -0.3 is 10.3 Å². The molecule has 0 unspecified atom stereocenters. The molecule has 0 aliphatic carbocycles. The zero-order valence-electron chi connectivity index (χ0n) is 15.9. The molecule has 1 atom stereocenters. The quantitative estimate of drug-likeness (QED) is 0.576. The summed E-state index contributed by atoms with van der Waals surface area (Å²) in [6.07, 6.45) is 4.09. The SMILES string of the molecule is CN1CCC[C@H]1c1nc2ccc(NC(=O)c3ccc4c(cnn4C)c3)cc2[nH]1. The van der Waals surface area contributed by atoms with E-state index in [2.05, 4.69) is 27.3 Å². The Kier molecular flexibility index (Phi) is 3.91. The van der Waals surface area contributed by atoms with Gasteiger partial charge in [0.1, 0.15) is 5.82 Å². The molecule has 1 amide bonds. The predicted molar refractivity (Wildman–Crippen MR) is 109 cm³/mol. The van der Waals surface area contributed by atoms with Crippen LogP contribution in [0.15, 0.2) is 42.6 Å². The van der Waals surface area contributed by atoms with Crippen LogP contribution in [0.3, 0.4) is 0 Å². The molecular weight excluding hydrogens is 352 g/mol. The number of amides is 1. The van der Waals surface area contributed by atoms with Crippen molar-refractivity contribution in [3.05, 3.63) is 54.0 Å². The number of nitrogens with zero attached hydrogens (tertiary/aromatic N) is 4. The van der Waals surface area contributed by atoms with Gasteiger partial charge in [-0.3, -0.25) is 14.4 Å².